The van der Waals surface area contributed by atoms with Crippen molar-refractivity contribution in [2.24, 2.45) is 11.8 Å². The molecule has 1 fully saturated rings. The van der Waals surface area contributed by atoms with Crippen LogP contribution in [-0.4, -0.2) is 56.1 Å². The maximum absolute atomic E-state index is 13.6. The Labute approximate surface area is 215 Å². The van der Waals surface area contributed by atoms with Crippen LogP contribution in [0.15, 0.2) is 78.9 Å². The SMILES string of the molecule is COc1ccccc1CN1C[C@@H](CN(CC(C)C)C(=O)c2ccccc2)[C@H](c2ccccc2OC)C1. The zero-order valence-corrected chi connectivity index (χ0v) is 21.9. The Bertz CT molecular complexity index is 1130. The highest BCUT2D eigenvalue weighted by molar-refractivity contribution is 5.94. The third-order valence-corrected chi connectivity index (χ3v) is 6.99. The summed E-state index contributed by atoms with van der Waals surface area (Å²) in [5.74, 6) is 2.85. The van der Waals surface area contributed by atoms with Gasteiger partial charge in [-0.2, -0.15) is 0 Å². The summed E-state index contributed by atoms with van der Waals surface area (Å²) in [5.41, 5.74) is 3.14. The molecular formula is C31H38N2O3. The summed E-state index contributed by atoms with van der Waals surface area (Å²) in [6.07, 6.45) is 0. The standard InChI is InChI=1S/C31H38N2O3/c1-23(2)18-33(31(34)24-12-6-5-7-13-24)21-26-20-32(19-25-14-8-10-16-29(25)35-3)22-28(26)27-15-9-11-17-30(27)36-4/h5-17,23,26,28H,18-22H2,1-4H3/t26-,28+/m0/s1. The van der Waals surface area contributed by atoms with E-state index in [0.29, 0.717) is 12.5 Å². The number of likely N-dealkylation sites (tertiary alicyclic amines) is 1. The highest BCUT2D eigenvalue weighted by Gasteiger charge is 2.37. The van der Waals surface area contributed by atoms with Crippen molar-refractivity contribution in [2.45, 2.75) is 26.3 Å². The van der Waals surface area contributed by atoms with Crippen molar-refractivity contribution in [2.75, 3.05) is 40.4 Å². The molecule has 0 N–H and O–H groups in total. The van der Waals surface area contributed by atoms with Crippen LogP contribution in [0.5, 0.6) is 11.5 Å². The maximum Gasteiger partial charge on any atom is 0.253 e. The fraction of sp³-hybridized carbons (Fsp3) is 0.387. The molecule has 5 heteroatoms. The van der Waals surface area contributed by atoms with Crippen LogP contribution in [0.1, 0.15) is 41.3 Å². The minimum atomic E-state index is 0.103. The largest absolute Gasteiger partial charge is 0.496 e. The third-order valence-electron chi connectivity index (χ3n) is 6.99. The van der Waals surface area contributed by atoms with Crippen molar-refractivity contribution in [3.8, 4) is 11.5 Å². The van der Waals surface area contributed by atoms with Gasteiger partial charge in [0.05, 0.1) is 14.2 Å². The molecule has 1 aliphatic rings. The van der Waals surface area contributed by atoms with E-state index < -0.39 is 0 Å². The minimum absolute atomic E-state index is 0.103. The molecule has 36 heavy (non-hydrogen) atoms. The number of amides is 1. The molecule has 2 atom stereocenters. The van der Waals surface area contributed by atoms with Crippen molar-refractivity contribution in [1.29, 1.82) is 0 Å². The van der Waals surface area contributed by atoms with Crippen LogP contribution in [0, 0.1) is 11.8 Å². The number of carbonyl (C=O) groups is 1. The van der Waals surface area contributed by atoms with Crippen molar-refractivity contribution in [3.05, 3.63) is 95.6 Å². The Morgan fingerprint density at radius 1 is 0.889 bits per heavy atom. The van der Waals surface area contributed by atoms with E-state index in [2.05, 4.69) is 47.9 Å². The highest BCUT2D eigenvalue weighted by atomic mass is 16.5. The van der Waals surface area contributed by atoms with Gasteiger partial charge in [-0.05, 0) is 41.7 Å². The van der Waals surface area contributed by atoms with Gasteiger partial charge in [0, 0.05) is 49.8 Å². The zero-order valence-electron chi connectivity index (χ0n) is 21.9. The molecule has 5 nitrogen and oxygen atoms in total. The summed E-state index contributed by atoms with van der Waals surface area (Å²) in [6, 6.07) is 26.2. The van der Waals surface area contributed by atoms with E-state index in [4.69, 9.17) is 9.47 Å². The van der Waals surface area contributed by atoms with E-state index in [1.807, 2.05) is 54.6 Å². The number of para-hydroxylation sites is 2. The van der Waals surface area contributed by atoms with Crippen LogP contribution in [0.3, 0.4) is 0 Å². The van der Waals surface area contributed by atoms with Gasteiger partial charge in [0.15, 0.2) is 0 Å². The van der Waals surface area contributed by atoms with Gasteiger partial charge >= 0.3 is 0 Å². The summed E-state index contributed by atoms with van der Waals surface area (Å²) in [6.45, 7) is 8.39. The lowest BCUT2D eigenvalue weighted by atomic mass is 9.87. The number of methoxy groups -OCH3 is 2. The smallest absolute Gasteiger partial charge is 0.253 e. The lowest BCUT2D eigenvalue weighted by Gasteiger charge is -2.30. The monoisotopic (exact) mass is 486 g/mol. The van der Waals surface area contributed by atoms with Crippen LogP contribution in [0.2, 0.25) is 0 Å². The first-order valence-electron chi connectivity index (χ1n) is 12.8. The van der Waals surface area contributed by atoms with Gasteiger partial charge in [0.2, 0.25) is 0 Å². The highest BCUT2D eigenvalue weighted by Crippen LogP contribution is 2.39. The normalized spacial score (nSPS) is 17.8. The molecular weight excluding hydrogens is 448 g/mol. The topological polar surface area (TPSA) is 42.0 Å². The average molecular weight is 487 g/mol. The number of hydrogen-bond donors (Lipinski definition) is 0. The Hall–Kier alpha value is -3.31. The third kappa shape index (κ3) is 6.08. The first-order valence-corrected chi connectivity index (χ1v) is 12.8. The lowest BCUT2D eigenvalue weighted by molar-refractivity contribution is 0.0703. The number of ether oxygens (including phenoxy) is 2. The second-order valence-corrected chi connectivity index (χ2v) is 10.1. The van der Waals surface area contributed by atoms with Crippen LogP contribution in [0.4, 0.5) is 0 Å². The number of rotatable bonds is 10. The van der Waals surface area contributed by atoms with E-state index in [0.717, 1.165) is 43.2 Å². The van der Waals surface area contributed by atoms with Gasteiger partial charge in [0.1, 0.15) is 11.5 Å². The molecule has 0 bridgehead atoms. The molecule has 0 aromatic heterocycles. The molecule has 4 rings (SSSR count). The van der Waals surface area contributed by atoms with Gasteiger partial charge in [0.25, 0.3) is 5.91 Å². The second-order valence-electron chi connectivity index (χ2n) is 10.1. The Kier molecular flexibility index (Phi) is 8.65. The summed E-state index contributed by atoms with van der Waals surface area (Å²) in [7, 11) is 3.46. The lowest BCUT2D eigenvalue weighted by Crippen LogP contribution is -2.39. The van der Waals surface area contributed by atoms with E-state index in [-0.39, 0.29) is 17.7 Å². The first kappa shape index (κ1) is 25.8. The van der Waals surface area contributed by atoms with Crippen molar-refractivity contribution in [3.63, 3.8) is 0 Å². The molecule has 1 amide bonds. The predicted molar refractivity (Wildman–Crippen MR) is 145 cm³/mol. The van der Waals surface area contributed by atoms with E-state index in [1.165, 1.54) is 11.1 Å². The zero-order chi connectivity index (χ0) is 25.5. The van der Waals surface area contributed by atoms with Crippen molar-refractivity contribution < 1.29 is 14.3 Å². The number of nitrogens with zero attached hydrogens (tertiary/aromatic N) is 2. The molecule has 0 unspecified atom stereocenters. The summed E-state index contributed by atoms with van der Waals surface area (Å²) < 4.78 is 11.4. The van der Waals surface area contributed by atoms with Gasteiger partial charge in [-0.15, -0.1) is 0 Å². The molecule has 0 saturated carbocycles. The first-order chi connectivity index (χ1) is 17.5. The van der Waals surface area contributed by atoms with Gasteiger partial charge in [-0.3, -0.25) is 9.69 Å². The molecule has 0 radical (unpaired) electrons. The van der Waals surface area contributed by atoms with Gasteiger partial charge < -0.3 is 14.4 Å². The van der Waals surface area contributed by atoms with Crippen molar-refractivity contribution in [1.82, 2.24) is 9.80 Å². The maximum atomic E-state index is 13.6. The Balaban J connectivity index is 1.63. The van der Waals surface area contributed by atoms with E-state index >= 15 is 0 Å². The summed E-state index contributed by atoms with van der Waals surface area (Å²) in [5, 5.41) is 0. The molecule has 190 valence electrons. The Morgan fingerprint density at radius 2 is 1.53 bits per heavy atom. The van der Waals surface area contributed by atoms with Crippen LogP contribution in [-0.2, 0) is 6.54 Å². The molecule has 1 heterocycles. The van der Waals surface area contributed by atoms with Gasteiger partial charge in [-0.25, -0.2) is 0 Å². The quantitative estimate of drug-likeness (QED) is 0.368. The average Bonchev–Trinajstić information content (AvgIpc) is 3.30. The molecule has 3 aromatic rings. The molecule has 0 aliphatic carbocycles. The number of carbonyl (C=O) groups excluding carboxylic acids is 1. The second kappa shape index (κ2) is 12.1. The summed E-state index contributed by atoms with van der Waals surface area (Å²) >= 11 is 0. The van der Waals surface area contributed by atoms with Crippen molar-refractivity contribution >= 4 is 5.91 Å². The molecule has 3 aromatic carbocycles. The van der Waals surface area contributed by atoms with Gasteiger partial charge in [-0.1, -0.05) is 68.4 Å². The molecule has 1 aliphatic heterocycles. The van der Waals surface area contributed by atoms with E-state index in [9.17, 15) is 4.79 Å². The van der Waals surface area contributed by atoms with Crippen LogP contribution >= 0.6 is 0 Å². The molecule has 0 spiro atoms. The van der Waals surface area contributed by atoms with E-state index in [1.54, 1.807) is 14.2 Å². The summed E-state index contributed by atoms with van der Waals surface area (Å²) in [4.78, 5) is 18.1. The fourth-order valence-corrected chi connectivity index (χ4v) is 5.40. The number of hydrogen-bond acceptors (Lipinski definition) is 4. The van der Waals surface area contributed by atoms with Crippen LogP contribution in [0.25, 0.3) is 0 Å². The predicted octanol–water partition coefficient (Wildman–Crippen LogP) is 5.72. The minimum Gasteiger partial charge on any atom is -0.496 e. The molecule has 1 saturated heterocycles. The van der Waals surface area contributed by atoms with Crippen LogP contribution < -0.4 is 9.47 Å². The number of benzene rings is 3. The Morgan fingerprint density at radius 3 is 2.22 bits per heavy atom. The fourth-order valence-electron chi connectivity index (χ4n) is 5.40.